The van der Waals surface area contributed by atoms with Crippen molar-refractivity contribution in [2.24, 2.45) is 0 Å². The summed E-state index contributed by atoms with van der Waals surface area (Å²) in [5, 5.41) is 8.75. The van der Waals surface area contributed by atoms with E-state index in [9.17, 15) is 4.79 Å². The molecule has 76 valence electrons. The molecule has 0 aliphatic rings. The predicted octanol–water partition coefficient (Wildman–Crippen LogP) is 2.03. The van der Waals surface area contributed by atoms with Crippen molar-refractivity contribution in [1.29, 1.82) is 0 Å². The fourth-order valence-electron chi connectivity index (χ4n) is 1.01. The summed E-state index contributed by atoms with van der Waals surface area (Å²) in [5.74, 6) is -0.193. The molecule has 0 aliphatic carbocycles. The molecule has 0 spiro atoms. The van der Waals surface area contributed by atoms with Gasteiger partial charge in [0.25, 0.3) is 5.88 Å². The second-order valence-electron chi connectivity index (χ2n) is 2.68. The van der Waals surface area contributed by atoms with Crippen LogP contribution in [0.3, 0.4) is 0 Å². The number of rotatable bonds is 3. The third-order valence-electron chi connectivity index (χ3n) is 1.64. The standard InChI is InChI=1S/C9H6N2O3S/c12-9(13)6-2-1-3-7(4-6)14-8-5-10-15-11-8/h1-5H,(H,12,13). The molecule has 1 N–H and O–H groups in total. The molecular formula is C9H6N2O3S. The van der Waals surface area contributed by atoms with Crippen LogP contribution < -0.4 is 4.74 Å². The minimum Gasteiger partial charge on any atom is -0.478 e. The summed E-state index contributed by atoms with van der Waals surface area (Å²) in [4.78, 5) is 10.7. The van der Waals surface area contributed by atoms with Crippen LogP contribution >= 0.6 is 11.7 Å². The first kappa shape index (κ1) is 9.60. The Kier molecular flexibility index (Phi) is 2.59. The third kappa shape index (κ3) is 2.29. The Balaban J connectivity index is 2.22. The number of carboxylic acids is 1. The van der Waals surface area contributed by atoms with E-state index in [0.29, 0.717) is 11.6 Å². The van der Waals surface area contributed by atoms with Gasteiger partial charge in [0, 0.05) is 0 Å². The summed E-state index contributed by atoms with van der Waals surface area (Å²) in [6.45, 7) is 0. The van der Waals surface area contributed by atoms with Crippen molar-refractivity contribution in [1.82, 2.24) is 8.75 Å². The molecule has 1 aromatic heterocycles. The van der Waals surface area contributed by atoms with Crippen LogP contribution in [-0.2, 0) is 0 Å². The molecule has 6 heteroatoms. The number of hydrogen-bond acceptors (Lipinski definition) is 5. The second-order valence-corrected chi connectivity index (χ2v) is 3.24. The van der Waals surface area contributed by atoms with E-state index in [1.165, 1.54) is 18.3 Å². The number of benzene rings is 1. The molecule has 0 unspecified atom stereocenters. The van der Waals surface area contributed by atoms with Crippen LogP contribution in [0.15, 0.2) is 30.5 Å². The summed E-state index contributed by atoms with van der Waals surface area (Å²) < 4.78 is 12.9. The van der Waals surface area contributed by atoms with Gasteiger partial charge in [-0.15, -0.1) is 4.37 Å². The Bertz CT molecular complexity index is 470. The SMILES string of the molecule is O=C(O)c1cccc(Oc2cnsn2)c1. The van der Waals surface area contributed by atoms with Gasteiger partial charge in [-0.3, -0.25) is 0 Å². The van der Waals surface area contributed by atoms with Gasteiger partial charge in [0.15, 0.2) is 0 Å². The van der Waals surface area contributed by atoms with Crippen LogP contribution in [0, 0.1) is 0 Å². The van der Waals surface area contributed by atoms with Gasteiger partial charge in [-0.25, -0.2) is 4.79 Å². The van der Waals surface area contributed by atoms with E-state index in [1.807, 2.05) is 0 Å². The van der Waals surface area contributed by atoms with E-state index < -0.39 is 5.97 Å². The first-order valence-electron chi connectivity index (χ1n) is 4.04. The van der Waals surface area contributed by atoms with Gasteiger partial charge < -0.3 is 9.84 Å². The normalized spacial score (nSPS) is 9.87. The number of nitrogens with zero attached hydrogens (tertiary/aromatic N) is 2. The minimum absolute atomic E-state index is 0.177. The fraction of sp³-hybridized carbons (Fsp3) is 0. The van der Waals surface area contributed by atoms with Crippen LogP contribution in [-0.4, -0.2) is 19.8 Å². The predicted molar refractivity (Wildman–Crippen MR) is 53.4 cm³/mol. The lowest BCUT2D eigenvalue weighted by atomic mass is 10.2. The first-order valence-corrected chi connectivity index (χ1v) is 4.77. The zero-order chi connectivity index (χ0) is 10.7. The van der Waals surface area contributed by atoms with Gasteiger partial charge in [-0.1, -0.05) is 6.07 Å². The maximum atomic E-state index is 10.7. The maximum Gasteiger partial charge on any atom is 0.335 e. The highest BCUT2D eigenvalue weighted by molar-refractivity contribution is 6.99. The topological polar surface area (TPSA) is 72.3 Å². The van der Waals surface area contributed by atoms with Crippen LogP contribution in [0.25, 0.3) is 0 Å². The van der Waals surface area contributed by atoms with Crippen LogP contribution in [0.1, 0.15) is 10.4 Å². The molecule has 1 heterocycles. The minimum atomic E-state index is -0.989. The smallest absolute Gasteiger partial charge is 0.335 e. The summed E-state index contributed by atoms with van der Waals surface area (Å²) in [5.41, 5.74) is 0.177. The van der Waals surface area contributed by atoms with E-state index in [1.54, 1.807) is 12.1 Å². The Hall–Kier alpha value is -1.95. The van der Waals surface area contributed by atoms with Gasteiger partial charge in [-0.2, -0.15) is 4.37 Å². The van der Waals surface area contributed by atoms with Gasteiger partial charge in [0.2, 0.25) is 0 Å². The molecule has 2 aromatic rings. The molecule has 0 amide bonds. The van der Waals surface area contributed by atoms with Gasteiger partial charge in [0.05, 0.1) is 17.3 Å². The molecule has 0 aliphatic heterocycles. The highest BCUT2D eigenvalue weighted by Crippen LogP contribution is 2.20. The summed E-state index contributed by atoms with van der Waals surface area (Å²) in [7, 11) is 0. The fourth-order valence-corrected chi connectivity index (χ4v) is 1.36. The molecule has 0 saturated heterocycles. The number of aromatic nitrogens is 2. The molecule has 5 nitrogen and oxygen atoms in total. The van der Waals surface area contributed by atoms with E-state index >= 15 is 0 Å². The van der Waals surface area contributed by atoms with Crippen LogP contribution in [0.4, 0.5) is 0 Å². The number of aromatic carboxylic acids is 1. The third-order valence-corrected chi connectivity index (χ3v) is 2.11. The largest absolute Gasteiger partial charge is 0.478 e. The highest BCUT2D eigenvalue weighted by atomic mass is 32.1. The Labute approximate surface area is 89.3 Å². The van der Waals surface area contributed by atoms with Crippen molar-refractivity contribution in [3.05, 3.63) is 36.0 Å². The number of carbonyl (C=O) groups is 1. The summed E-state index contributed by atoms with van der Waals surface area (Å²) in [6.07, 6.45) is 1.47. The Morgan fingerprint density at radius 2 is 2.33 bits per heavy atom. The first-order chi connectivity index (χ1) is 7.25. The molecule has 0 saturated carbocycles. The van der Waals surface area contributed by atoms with Crippen LogP contribution in [0.5, 0.6) is 11.6 Å². The molecule has 2 rings (SSSR count). The molecule has 0 atom stereocenters. The Morgan fingerprint density at radius 1 is 1.47 bits per heavy atom. The summed E-state index contributed by atoms with van der Waals surface area (Å²) in [6, 6.07) is 6.19. The molecular weight excluding hydrogens is 216 g/mol. The molecule has 0 radical (unpaired) electrons. The van der Waals surface area contributed by atoms with Crippen molar-refractivity contribution < 1.29 is 14.6 Å². The summed E-state index contributed by atoms with van der Waals surface area (Å²) >= 11 is 1.03. The molecule has 0 fully saturated rings. The highest BCUT2D eigenvalue weighted by Gasteiger charge is 2.05. The van der Waals surface area contributed by atoms with Crippen molar-refractivity contribution >= 4 is 17.7 Å². The van der Waals surface area contributed by atoms with Gasteiger partial charge in [-0.05, 0) is 18.2 Å². The van der Waals surface area contributed by atoms with Crippen molar-refractivity contribution in [3.63, 3.8) is 0 Å². The van der Waals surface area contributed by atoms with E-state index in [4.69, 9.17) is 9.84 Å². The Morgan fingerprint density at radius 3 is 3.00 bits per heavy atom. The lowest BCUT2D eigenvalue weighted by Crippen LogP contribution is -1.95. The van der Waals surface area contributed by atoms with Crippen LogP contribution in [0.2, 0.25) is 0 Å². The molecule has 15 heavy (non-hydrogen) atoms. The van der Waals surface area contributed by atoms with Gasteiger partial charge >= 0.3 is 5.97 Å². The van der Waals surface area contributed by atoms with E-state index in [0.717, 1.165) is 11.7 Å². The van der Waals surface area contributed by atoms with E-state index in [-0.39, 0.29) is 5.56 Å². The zero-order valence-corrected chi connectivity index (χ0v) is 8.27. The lowest BCUT2D eigenvalue weighted by Gasteiger charge is -2.01. The zero-order valence-electron chi connectivity index (χ0n) is 7.45. The van der Waals surface area contributed by atoms with Crippen molar-refractivity contribution in [2.45, 2.75) is 0 Å². The van der Waals surface area contributed by atoms with E-state index in [2.05, 4.69) is 8.75 Å². The maximum absolute atomic E-state index is 10.7. The lowest BCUT2D eigenvalue weighted by molar-refractivity contribution is 0.0696. The number of ether oxygens (including phenoxy) is 1. The average Bonchev–Trinajstić information content (AvgIpc) is 2.71. The number of carboxylic acid groups (broad SMARTS) is 1. The van der Waals surface area contributed by atoms with Crippen molar-refractivity contribution in [2.75, 3.05) is 0 Å². The van der Waals surface area contributed by atoms with Gasteiger partial charge in [0.1, 0.15) is 11.9 Å². The van der Waals surface area contributed by atoms with Crippen molar-refractivity contribution in [3.8, 4) is 11.6 Å². The quantitative estimate of drug-likeness (QED) is 0.860. The average molecular weight is 222 g/mol. The molecule has 0 bridgehead atoms. The monoisotopic (exact) mass is 222 g/mol. The number of hydrogen-bond donors (Lipinski definition) is 1. The second kappa shape index (κ2) is 4.05. The molecule has 1 aromatic carbocycles.